The Morgan fingerprint density at radius 2 is 1.85 bits per heavy atom. The highest BCUT2D eigenvalue weighted by Gasteiger charge is 2.12. The second kappa shape index (κ2) is 4.74. The molecule has 0 aliphatic heterocycles. The summed E-state index contributed by atoms with van der Waals surface area (Å²) in [6.45, 7) is 0. The number of hydrogen-bond donors (Lipinski definition) is 1. The number of carboxylic acids is 1. The maximum Gasteiger partial charge on any atom is 0.335 e. The van der Waals surface area contributed by atoms with Crippen LogP contribution in [0, 0.1) is 5.82 Å². The SMILES string of the molecule is O=C(O)c1ccc(F)c(-c2cccc3cccnc23)c1. The van der Waals surface area contributed by atoms with E-state index in [4.69, 9.17) is 5.11 Å². The molecular formula is C16H10FNO2. The van der Waals surface area contributed by atoms with Crippen LogP contribution in [0.4, 0.5) is 4.39 Å². The van der Waals surface area contributed by atoms with Gasteiger partial charge in [-0.15, -0.1) is 0 Å². The zero-order chi connectivity index (χ0) is 14.1. The van der Waals surface area contributed by atoms with Crippen molar-refractivity contribution in [2.45, 2.75) is 0 Å². The molecule has 3 rings (SSSR count). The van der Waals surface area contributed by atoms with Crippen LogP contribution in [0.2, 0.25) is 0 Å². The fourth-order valence-corrected chi connectivity index (χ4v) is 2.19. The number of benzene rings is 2. The van der Waals surface area contributed by atoms with Crippen molar-refractivity contribution >= 4 is 16.9 Å². The van der Waals surface area contributed by atoms with Gasteiger partial charge < -0.3 is 5.11 Å². The van der Waals surface area contributed by atoms with Gasteiger partial charge in [-0.3, -0.25) is 4.98 Å². The summed E-state index contributed by atoms with van der Waals surface area (Å²) in [6, 6.07) is 12.8. The summed E-state index contributed by atoms with van der Waals surface area (Å²) in [6.07, 6.45) is 1.63. The molecule has 0 radical (unpaired) electrons. The van der Waals surface area contributed by atoms with Crippen molar-refractivity contribution in [3.8, 4) is 11.1 Å². The molecule has 0 amide bonds. The molecule has 20 heavy (non-hydrogen) atoms. The Kier molecular flexibility index (Phi) is 2.91. The van der Waals surface area contributed by atoms with Gasteiger partial charge in [0.2, 0.25) is 0 Å². The molecule has 0 saturated heterocycles. The third-order valence-corrected chi connectivity index (χ3v) is 3.14. The van der Waals surface area contributed by atoms with E-state index in [0.29, 0.717) is 11.1 Å². The number of aromatic carboxylic acids is 1. The topological polar surface area (TPSA) is 50.2 Å². The molecule has 0 bridgehead atoms. The van der Waals surface area contributed by atoms with Crippen LogP contribution in [0.5, 0.6) is 0 Å². The van der Waals surface area contributed by atoms with Crippen molar-refractivity contribution < 1.29 is 14.3 Å². The lowest BCUT2D eigenvalue weighted by Crippen LogP contribution is -1.98. The van der Waals surface area contributed by atoms with Crippen molar-refractivity contribution in [2.24, 2.45) is 0 Å². The smallest absolute Gasteiger partial charge is 0.335 e. The number of hydrogen-bond acceptors (Lipinski definition) is 2. The summed E-state index contributed by atoms with van der Waals surface area (Å²) < 4.78 is 14.0. The number of aromatic nitrogens is 1. The number of carbonyl (C=O) groups is 1. The van der Waals surface area contributed by atoms with Crippen LogP contribution in [0.15, 0.2) is 54.7 Å². The zero-order valence-corrected chi connectivity index (χ0v) is 10.4. The first-order valence-corrected chi connectivity index (χ1v) is 6.04. The average molecular weight is 267 g/mol. The summed E-state index contributed by atoms with van der Waals surface area (Å²) >= 11 is 0. The fourth-order valence-electron chi connectivity index (χ4n) is 2.19. The van der Waals surface area contributed by atoms with Crippen LogP contribution in [0.25, 0.3) is 22.0 Å². The minimum absolute atomic E-state index is 0.0503. The number of para-hydroxylation sites is 1. The lowest BCUT2D eigenvalue weighted by molar-refractivity contribution is 0.0697. The van der Waals surface area contributed by atoms with Crippen LogP contribution in [-0.2, 0) is 0 Å². The molecule has 3 nitrogen and oxygen atoms in total. The minimum atomic E-state index is -1.08. The molecule has 4 heteroatoms. The molecule has 1 N–H and O–H groups in total. The van der Waals surface area contributed by atoms with Crippen LogP contribution < -0.4 is 0 Å². The van der Waals surface area contributed by atoms with Crippen LogP contribution in [-0.4, -0.2) is 16.1 Å². The van der Waals surface area contributed by atoms with Gasteiger partial charge in [-0.2, -0.15) is 0 Å². The quantitative estimate of drug-likeness (QED) is 0.769. The third-order valence-electron chi connectivity index (χ3n) is 3.14. The lowest BCUT2D eigenvalue weighted by atomic mass is 9.99. The molecule has 0 spiro atoms. The molecule has 0 saturated carbocycles. The van der Waals surface area contributed by atoms with Crippen molar-refractivity contribution in [3.05, 3.63) is 66.1 Å². The first-order valence-electron chi connectivity index (χ1n) is 6.04. The molecule has 2 aromatic carbocycles. The van der Waals surface area contributed by atoms with Crippen molar-refractivity contribution in [2.75, 3.05) is 0 Å². The van der Waals surface area contributed by atoms with E-state index in [2.05, 4.69) is 4.98 Å². The van der Waals surface area contributed by atoms with Crippen molar-refractivity contribution in [1.82, 2.24) is 4.98 Å². The highest BCUT2D eigenvalue weighted by Crippen LogP contribution is 2.29. The molecule has 1 heterocycles. The monoisotopic (exact) mass is 267 g/mol. The Balaban J connectivity index is 2.30. The van der Waals surface area contributed by atoms with Crippen LogP contribution in [0.1, 0.15) is 10.4 Å². The van der Waals surface area contributed by atoms with Crippen LogP contribution in [0.3, 0.4) is 0 Å². The van der Waals surface area contributed by atoms with E-state index in [1.165, 1.54) is 18.2 Å². The summed E-state index contributed by atoms with van der Waals surface area (Å²) in [5, 5.41) is 9.90. The van der Waals surface area contributed by atoms with Crippen LogP contribution >= 0.6 is 0 Å². The van der Waals surface area contributed by atoms with E-state index in [1.807, 2.05) is 12.1 Å². The number of halogens is 1. The van der Waals surface area contributed by atoms with E-state index in [-0.39, 0.29) is 11.1 Å². The van der Waals surface area contributed by atoms with Gasteiger partial charge in [-0.25, -0.2) is 9.18 Å². The third kappa shape index (κ3) is 2.01. The largest absolute Gasteiger partial charge is 0.478 e. The van der Waals surface area contributed by atoms with Gasteiger partial charge >= 0.3 is 5.97 Å². The van der Waals surface area contributed by atoms with E-state index in [1.54, 1.807) is 24.4 Å². The molecule has 0 aliphatic rings. The number of carboxylic acid groups (broad SMARTS) is 1. The number of nitrogens with zero attached hydrogens (tertiary/aromatic N) is 1. The number of pyridine rings is 1. The van der Waals surface area contributed by atoms with E-state index < -0.39 is 11.8 Å². The van der Waals surface area contributed by atoms with Gasteiger partial charge in [0.25, 0.3) is 0 Å². The molecule has 3 aromatic rings. The highest BCUT2D eigenvalue weighted by atomic mass is 19.1. The normalized spacial score (nSPS) is 10.7. The summed E-state index contributed by atoms with van der Waals surface area (Å²) in [7, 11) is 0. The maximum atomic E-state index is 14.0. The summed E-state index contributed by atoms with van der Waals surface area (Å²) in [5.41, 5.74) is 1.53. The zero-order valence-electron chi connectivity index (χ0n) is 10.4. The van der Waals surface area contributed by atoms with Gasteiger partial charge in [-0.05, 0) is 24.3 Å². The molecule has 0 aliphatic carbocycles. The Labute approximate surface area is 114 Å². The highest BCUT2D eigenvalue weighted by molar-refractivity contribution is 5.96. The average Bonchev–Trinajstić information content (AvgIpc) is 2.47. The molecule has 0 unspecified atom stereocenters. The van der Waals surface area contributed by atoms with Gasteiger partial charge in [0.1, 0.15) is 5.82 Å². The molecule has 0 atom stereocenters. The first kappa shape index (κ1) is 12.3. The number of rotatable bonds is 2. The molecule has 1 aromatic heterocycles. The second-order valence-corrected chi connectivity index (χ2v) is 4.38. The van der Waals surface area contributed by atoms with Gasteiger partial charge in [0, 0.05) is 22.7 Å². The standard InChI is InChI=1S/C16H10FNO2/c17-14-7-6-11(16(19)20)9-13(14)12-5-1-3-10-4-2-8-18-15(10)12/h1-9H,(H,19,20). The summed E-state index contributed by atoms with van der Waals surface area (Å²) in [4.78, 5) is 15.3. The van der Waals surface area contributed by atoms with Crippen molar-refractivity contribution in [3.63, 3.8) is 0 Å². The van der Waals surface area contributed by atoms with Gasteiger partial charge in [0.05, 0.1) is 11.1 Å². The fraction of sp³-hybridized carbons (Fsp3) is 0. The van der Waals surface area contributed by atoms with Gasteiger partial charge in [0.15, 0.2) is 0 Å². The van der Waals surface area contributed by atoms with E-state index in [9.17, 15) is 9.18 Å². The number of fused-ring (bicyclic) bond motifs is 1. The Hall–Kier alpha value is -2.75. The van der Waals surface area contributed by atoms with E-state index in [0.717, 1.165) is 5.39 Å². The lowest BCUT2D eigenvalue weighted by Gasteiger charge is -2.08. The Morgan fingerprint density at radius 1 is 1.05 bits per heavy atom. The predicted octanol–water partition coefficient (Wildman–Crippen LogP) is 3.74. The molecule has 98 valence electrons. The van der Waals surface area contributed by atoms with Gasteiger partial charge in [-0.1, -0.05) is 24.3 Å². The predicted molar refractivity (Wildman–Crippen MR) is 74.1 cm³/mol. The maximum absolute atomic E-state index is 14.0. The molecule has 0 fully saturated rings. The first-order chi connectivity index (χ1) is 9.66. The minimum Gasteiger partial charge on any atom is -0.478 e. The Bertz CT molecular complexity index is 809. The summed E-state index contributed by atoms with van der Waals surface area (Å²) in [5.74, 6) is -1.55. The second-order valence-electron chi connectivity index (χ2n) is 4.38. The van der Waals surface area contributed by atoms with E-state index >= 15 is 0 Å². The van der Waals surface area contributed by atoms with Crippen molar-refractivity contribution in [1.29, 1.82) is 0 Å². The Morgan fingerprint density at radius 3 is 2.65 bits per heavy atom. The molecular weight excluding hydrogens is 257 g/mol.